The predicted molar refractivity (Wildman–Crippen MR) is 76.1 cm³/mol. The Bertz CT molecular complexity index is 532. The summed E-state index contributed by atoms with van der Waals surface area (Å²) in [5.41, 5.74) is 0. The van der Waals surface area contributed by atoms with Crippen molar-refractivity contribution in [1.29, 1.82) is 0 Å². The van der Waals surface area contributed by atoms with Crippen LogP contribution in [0, 0.1) is 5.92 Å². The summed E-state index contributed by atoms with van der Waals surface area (Å²) in [6.07, 6.45) is 3.66. The van der Waals surface area contributed by atoms with Crippen molar-refractivity contribution < 1.29 is 13.2 Å². The van der Waals surface area contributed by atoms with Gasteiger partial charge >= 0.3 is 0 Å². The lowest BCUT2D eigenvalue weighted by Gasteiger charge is -2.25. The third kappa shape index (κ3) is 3.26. The minimum atomic E-state index is -3.70. The zero-order valence-electron chi connectivity index (χ0n) is 9.53. The Kier molecular flexibility index (Phi) is 4.36. The van der Waals surface area contributed by atoms with Crippen molar-refractivity contribution in [2.24, 2.45) is 11.1 Å². The van der Waals surface area contributed by atoms with Gasteiger partial charge < -0.3 is 4.74 Å². The van der Waals surface area contributed by atoms with Gasteiger partial charge in [-0.25, -0.2) is 13.6 Å². The van der Waals surface area contributed by atoms with E-state index in [0.717, 1.165) is 0 Å². The van der Waals surface area contributed by atoms with Gasteiger partial charge in [-0.15, -0.1) is 0 Å². The molecule has 0 atom stereocenters. The Morgan fingerprint density at radius 1 is 1.28 bits per heavy atom. The number of halogens is 2. The van der Waals surface area contributed by atoms with Gasteiger partial charge in [-0.05, 0) is 62.8 Å². The lowest BCUT2D eigenvalue weighted by atomic mass is 9.86. The van der Waals surface area contributed by atoms with E-state index in [9.17, 15) is 8.42 Å². The summed E-state index contributed by atoms with van der Waals surface area (Å²) < 4.78 is 29.4. The first-order valence-electron chi connectivity index (χ1n) is 5.52. The molecule has 1 aromatic rings. The quantitative estimate of drug-likeness (QED) is 0.847. The van der Waals surface area contributed by atoms with E-state index in [0.29, 0.717) is 27.2 Å². The number of ether oxygens (including phenoxy) is 1. The lowest BCUT2D eigenvalue weighted by molar-refractivity contribution is 0.179. The molecule has 0 spiro atoms. The molecular weight excluding hydrogens is 386 g/mol. The first kappa shape index (κ1) is 14.3. The van der Waals surface area contributed by atoms with Crippen LogP contribution >= 0.6 is 31.9 Å². The van der Waals surface area contributed by atoms with Crippen molar-refractivity contribution in [3.05, 3.63) is 21.1 Å². The van der Waals surface area contributed by atoms with E-state index in [1.54, 1.807) is 0 Å². The fourth-order valence-corrected chi connectivity index (χ4v) is 3.98. The molecule has 2 rings (SSSR count). The van der Waals surface area contributed by atoms with Gasteiger partial charge in [0.25, 0.3) is 0 Å². The second-order valence-corrected chi connectivity index (χ2v) is 7.64. The molecule has 1 saturated carbocycles. The van der Waals surface area contributed by atoms with Gasteiger partial charge in [0.1, 0.15) is 5.75 Å². The van der Waals surface area contributed by atoms with Crippen LogP contribution in [0.15, 0.2) is 26.0 Å². The van der Waals surface area contributed by atoms with Gasteiger partial charge in [0.15, 0.2) is 0 Å². The summed E-state index contributed by atoms with van der Waals surface area (Å²) in [6.45, 7) is 0.659. The monoisotopic (exact) mass is 397 g/mol. The third-order valence-corrected chi connectivity index (χ3v) is 5.06. The molecule has 0 radical (unpaired) electrons. The second-order valence-electron chi connectivity index (χ2n) is 4.37. The zero-order valence-corrected chi connectivity index (χ0v) is 13.5. The number of hydrogen-bond donors (Lipinski definition) is 1. The van der Waals surface area contributed by atoms with Gasteiger partial charge in [-0.2, -0.15) is 0 Å². The molecule has 4 nitrogen and oxygen atoms in total. The lowest BCUT2D eigenvalue weighted by Crippen LogP contribution is -2.19. The van der Waals surface area contributed by atoms with E-state index in [4.69, 9.17) is 9.88 Å². The Labute approximate surface area is 123 Å². The van der Waals surface area contributed by atoms with Crippen LogP contribution in [0.25, 0.3) is 0 Å². The molecule has 0 amide bonds. The number of primary sulfonamides is 1. The Morgan fingerprint density at radius 3 is 2.22 bits per heavy atom. The van der Waals surface area contributed by atoms with Crippen molar-refractivity contribution in [1.82, 2.24) is 0 Å². The molecule has 2 N–H and O–H groups in total. The van der Waals surface area contributed by atoms with E-state index in [-0.39, 0.29) is 4.90 Å². The van der Waals surface area contributed by atoms with Crippen LogP contribution in [-0.2, 0) is 10.0 Å². The predicted octanol–water partition coefficient (Wildman–Crippen LogP) is 3.04. The fourth-order valence-electron chi connectivity index (χ4n) is 1.70. The van der Waals surface area contributed by atoms with Crippen LogP contribution in [-0.4, -0.2) is 15.0 Å². The van der Waals surface area contributed by atoms with Crippen molar-refractivity contribution in [3.8, 4) is 5.75 Å². The summed E-state index contributed by atoms with van der Waals surface area (Å²) in [5, 5.41) is 5.09. The molecule has 0 heterocycles. The number of sulfonamides is 1. The summed E-state index contributed by atoms with van der Waals surface area (Å²) in [7, 11) is -3.70. The van der Waals surface area contributed by atoms with Gasteiger partial charge in [0, 0.05) is 0 Å². The number of benzene rings is 1. The topological polar surface area (TPSA) is 69.4 Å². The van der Waals surface area contributed by atoms with Crippen LogP contribution in [0.2, 0.25) is 0 Å². The summed E-state index contributed by atoms with van der Waals surface area (Å²) in [5.74, 6) is 1.23. The molecular formula is C11H13Br2NO3S. The number of rotatable bonds is 4. The average molecular weight is 399 g/mol. The van der Waals surface area contributed by atoms with Gasteiger partial charge in [0.2, 0.25) is 10.0 Å². The fraction of sp³-hybridized carbons (Fsp3) is 0.455. The molecule has 0 aromatic heterocycles. The van der Waals surface area contributed by atoms with E-state index in [1.165, 1.54) is 31.4 Å². The normalized spacial score (nSPS) is 16.4. The first-order chi connectivity index (χ1) is 8.38. The van der Waals surface area contributed by atoms with Crippen LogP contribution in [0.1, 0.15) is 19.3 Å². The van der Waals surface area contributed by atoms with E-state index >= 15 is 0 Å². The highest BCUT2D eigenvalue weighted by atomic mass is 79.9. The molecule has 18 heavy (non-hydrogen) atoms. The highest BCUT2D eigenvalue weighted by Gasteiger charge is 2.20. The van der Waals surface area contributed by atoms with Gasteiger partial charge in [-0.3, -0.25) is 0 Å². The van der Waals surface area contributed by atoms with Crippen molar-refractivity contribution in [2.45, 2.75) is 24.2 Å². The van der Waals surface area contributed by atoms with Crippen LogP contribution < -0.4 is 9.88 Å². The number of hydrogen-bond acceptors (Lipinski definition) is 3. The van der Waals surface area contributed by atoms with Gasteiger partial charge in [-0.1, -0.05) is 6.42 Å². The van der Waals surface area contributed by atoms with Crippen LogP contribution in [0.5, 0.6) is 5.75 Å². The minimum absolute atomic E-state index is 0.0530. The smallest absolute Gasteiger partial charge is 0.238 e. The van der Waals surface area contributed by atoms with Crippen LogP contribution in [0.3, 0.4) is 0 Å². The summed E-state index contributed by atoms with van der Waals surface area (Å²) >= 11 is 6.61. The molecule has 0 aliphatic heterocycles. The average Bonchev–Trinajstić information content (AvgIpc) is 2.17. The standard InChI is InChI=1S/C11H13Br2NO3S/c12-9-4-8(18(14,15)16)5-10(13)11(9)17-6-7-2-1-3-7/h4-5,7H,1-3,6H2,(H2,14,15,16). The number of nitrogens with two attached hydrogens (primary N) is 1. The third-order valence-electron chi connectivity index (χ3n) is 2.99. The van der Waals surface area contributed by atoms with Gasteiger partial charge in [0.05, 0.1) is 20.4 Å². The molecule has 100 valence electrons. The highest BCUT2D eigenvalue weighted by molar-refractivity contribution is 9.11. The molecule has 1 aliphatic rings. The zero-order chi connectivity index (χ0) is 13.3. The SMILES string of the molecule is NS(=O)(=O)c1cc(Br)c(OCC2CCC2)c(Br)c1. The summed E-state index contributed by atoms with van der Waals surface area (Å²) in [6, 6.07) is 2.91. The molecule has 1 fully saturated rings. The maximum atomic E-state index is 11.3. The highest BCUT2D eigenvalue weighted by Crippen LogP contribution is 2.37. The molecule has 1 aliphatic carbocycles. The minimum Gasteiger partial charge on any atom is -0.491 e. The molecule has 7 heteroatoms. The maximum absolute atomic E-state index is 11.3. The largest absolute Gasteiger partial charge is 0.491 e. The summed E-state index contributed by atoms with van der Waals surface area (Å²) in [4.78, 5) is 0.0530. The van der Waals surface area contributed by atoms with E-state index < -0.39 is 10.0 Å². The molecule has 0 bridgehead atoms. The van der Waals surface area contributed by atoms with E-state index in [1.807, 2.05) is 0 Å². The molecule has 0 saturated heterocycles. The first-order valence-corrected chi connectivity index (χ1v) is 8.66. The van der Waals surface area contributed by atoms with Crippen LogP contribution in [0.4, 0.5) is 0 Å². The Hall–Kier alpha value is -0.110. The second kappa shape index (κ2) is 5.48. The van der Waals surface area contributed by atoms with Crippen molar-refractivity contribution >= 4 is 41.9 Å². The van der Waals surface area contributed by atoms with E-state index in [2.05, 4.69) is 31.9 Å². The van der Waals surface area contributed by atoms with Crippen molar-refractivity contribution in [3.63, 3.8) is 0 Å². The Morgan fingerprint density at radius 2 is 1.83 bits per heavy atom. The Balaban J connectivity index is 2.20. The maximum Gasteiger partial charge on any atom is 0.238 e. The molecule has 1 aromatic carbocycles. The van der Waals surface area contributed by atoms with Crippen molar-refractivity contribution in [2.75, 3.05) is 6.61 Å². The molecule has 0 unspecified atom stereocenters.